The third kappa shape index (κ3) is 3.44. The molecule has 3 heterocycles. The number of amides is 1. The van der Waals surface area contributed by atoms with E-state index in [1.165, 1.54) is 5.56 Å². The van der Waals surface area contributed by atoms with Crippen molar-refractivity contribution in [3.63, 3.8) is 0 Å². The maximum atomic E-state index is 13.0. The van der Waals surface area contributed by atoms with Gasteiger partial charge in [-0.05, 0) is 38.0 Å². The lowest BCUT2D eigenvalue weighted by Crippen LogP contribution is -2.39. The molecule has 3 aromatic rings. The van der Waals surface area contributed by atoms with E-state index in [1.54, 1.807) is 18.2 Å². The van der Waals surface area contributed by atoms with E-state index in [2.05, 4.69) is 10.1 Å². The van der Waals surface area contributed by atoms with Crippen molar-refractivity contribution in [2.75, 3.05) is 19.9 Å². The van der Waals surface area contributed by atoms with E-state index in [-0.39, 0.29) is 18.6 Å². The molecule has 0 bridgehead atoms. The number of piperidine rings is 1. The standard InChI is InChI=1S/C22H21N3O4/c1-14-4-6-15(7-5-14)20-23-21(29-24-20)17-3-2-10-25(12-17)22(26)16-8-9-18-19(11-16)28-13-27-18/h4-9,11,17H,2-3,10,12-13H2,1H3. The first kappa shape index (κ1) is 17.7. The summed E-state index contributed by atoms with van der Waals surface area (Å²) in [5.74, 6) is 2.47. The summed E-state index contributed by atoms with van der Waals surface area (Å²) in [6.45, 7) is 3.50. The van der Waals surface area contributed by atoms with Crippen molar-refractivity contribution in [3.8, 4) is 22.9 Å². The number of nitrogens with zero attached hydrogens (tertiary/aromatic N) is 3. The summed E-state index contributed by atoms with van der Waals surface area (Å²) < 4.78 is 16.3. The Kier molecular flexibility index (Phi) is 4.42. The van der Waals surface area contributed by atoms with E-state index in [4.69, 9.17) is 14.0 Å². The van der Waals surface area contributed by atoms with Crippen LogP contribution in [-0.2, 0) is 0 Å². The van der Waals surface area contributed by atoms with E-state index in [1.807, 2.05) is 36.1 Å². The smallest absolute Gasteiger partial charge is 0.254 e. The summed E-state index contributed by atoms with van der Waals surface area (Å²) in [5, 5.41) is 4.14. The zero-order valence-corrected chi connectivity index (χ0v) is 16.1. The van der Waals surface area contributed by atoms with Crippen molar-refractivity contribution in [1.29, 1.82) is 0 Å². The van der Waals surface area contributed by atoms with Crippen LogP contribution in [0.2, 0.25) is 0 Å². The fourth-order valence-electron chi connectivity index (χ4n) is 3.80. The Morgan fingerprint density at radius 3 is 2.79 bits per heavy atom. The van der Waals surface area contributed by atoms with Crippen molar-refractivity contribution in [1.82, 2.24) is 15.0 Å². The zero-order valence-electron chi connectivity index (χ0n) is 16.1. The average Bonchev–Trinajstić information content (AvgIpc) is 3.43. The molecule has 0 N–H and O–H groups in total. The SMILES string of the molecule is Cc1ccc(-c2noc(C3CCCN(C(=O)c4ccc5c(c4)OCO5)C3)n2)cc1. The van der Waals surface area contributed by atoms with Crippen LogP contribution in [0.3, 0.4) is 0 Å². The fraction of sp³-hybridized carbons (Fsp3) is 0.318. The van der Waals surface area contributed by atoms with Gasteiger partial charge in [-0.15, -0.1) is 0 Å². The number of likely N-dealkylation sites (tertiary alicyclic amines) is 1. The lowest BCUT2D eigenvalue weighted by atomic mass is 9.97. The third-order valence-corrected chi connectivity index (χ3v) is 5.43. The molecule has 1 aromatic heterocycles. The number of ether oxygens (including phenoxy) is 2. The van der Waals surface area contributed by atoms with Gasteiger partial charge < -0.3 is 18.9 Å². The maximum absolute atomic E-state index is 13.0. The second-order valence-corrected chi connectivity index (χ2v) is 7.48. The molecule has 0 aliphatic carbocycles. The molecular formula is C22H21N3O4. The number of hydrogen-bond donors (Lipinski definition) is 0. The van der Waals surface area contributed by atoms with Crippen molar-refractivity contribution >= 4 is 5.91 Å². The van der Waals surface area contributed by atoms with Crippen LogP contribution >= 0.6 is 0 Å². The quantitative estimate of drug-likeness (QED) is 0.676. The van der Waals surface area contributed by atoms with Crippen LogP contribution in [0, 0.1) is 6.92 Å². The van der Waals surface area contributed by atoms with Crippen molar-refractivity contribution in [2.24, 2.45) is 0 Å². The Balaban J connectivity index is 1.32. The van der Waals surface area contributed by atoms with Crippen molar-refractivity contribution < 1.29 is 18.8 Å². The largest absolute Gasteiger partial charge is 0.454 e. The van der Waals surface area contributed by atoms with E-state index < -0.39 is 0 Å². The van der Waals surface area contributed by atoms with Crippen LogP contribution in [0.1, 0.15) is 40.6 Å². The molecule has 2 aliphatic rings. The number of fused-ring (bicyclic) bond motifs is 1. The minimum Gasteiger partial charge on any atom is -0.454 e. The molecule has 5 rings (SSSR count). The molecule has 0 saturated carbocycles. The highest BCUT2D eigenvalue weighted by atomic mass is 16.7. The molecule has 2 aliphatic heterocycles. The van der Waals surface area contributed by atoms with Gasteiger partial charge in [-0.2, -0.15) is 4.98 Å². The van der Waals surface area contributed by atoms with Crippen LogP contribution in [0.15, 0.2) is 47.0 Å². The maximum Gasteiger partial charge on any atom is 0.254 e. The molecule has 0 radical (unpaired) electrons. The van der Waals surface area contributed by atoms with Gasteiger partial charge in [-0.3, -0.25) is 4.79 Å². The van der Waals surface area contributed by atoms with Gasteiger partial charge in [0, 0.05) is 24.2 Å². The average molecular weight is 391 g/mol. The van der Waals surface area contributed by atoms with Gasteiger partial charge >= 0.3 is 0 Å². The van der Waals surface area contributed by atoms with Gasteiger partial charge in [-0.25, -0.2) is 0 Å². The lowest BCUT2D eigenvalue weighted by Gasteiger charge is -2.31. The Morgan fingerprint density at radius 2 is 1.93 bits per heavy atom. The minimum absolute atomic E-state index is 0.0220. The van der Waals surface area contributed by atoms with Gasteiger partial charge in [0.05, 0.1) is 5.92 Å². The Labute approximate surface area is 168 Å². The molecule has 148 valence electrons. The van der Waals surface area contributed by atoms with Crippen LogP contribution < -0.4 is 9.47 Å². The van der Waals surface area contributed by atoms with Crippen molar-refractivity contribution in [2.45, 2.75) is 25.7 Å². The number of benzene rings is 2. The molecule has 1 saturated heterocycles. The van der Waals surface area contributed by atoms with Crippen molar-refractivity contribution in [3.05, 3.63) is 59.5 Å². The summed E-state index contributed by atoms with van der Waals surface area (Å²) in [4.78, 5) is 19.4. The van der Waals surface area contributed by atoms with Crippen LogP contribution in [0.4, 0.5) is 0 Å². The topological polar surface area (TPSA) is 77.7 Å². The normalized spacial score (nSPS) is 18.1. The van der Waals surface area contributed by atoms with Crippen LogP contribution in [0.5, 0.6) is 11.5 Å². The molecule has 0 spiro atoms. The van der Waals surface area contributed by atoms with Crippen LogP contribution in [-0.4, -0.2) is 40.8 Å². The van der Waals surface area contributed by atoms with E-state index in [0.717, 1.165) is 18.4 Å². The van der Waals surface area contributed by atoms with Gasteiger partial charge in [0.2, 0.25) is 18.5 Å². The summed E-state index contributed by atoms with van der Waals surface area (Å²) in [5.41, 5.74) is 2.71. The van der Waals surface area contributed by atoms with Gasteiger partial charge in [0.25, 0.3) is 5.91 Å². The van der Waals surface area contributed by atoms with Gasteiger partial charge in [0.15, 0.2) is 11.5 Å². The highest BCUT2D eigenvalue weighted by Crippen LogP contribution is 2.34. The molecule has 1 unspecified atom stereocenters. The first-order chi connectivity index (χ1) is 14.2. The molecule has 29 heavy (non-hydrogen) atoms. The minimum atomic E-state index is -0.0220. The Hall–Kier alpha value is -3.35. The highest BCUT2D eigenvalue weighted by Gasteiger charge is 2.30. The zero-order chi connectivity index (χ0) is 19.8. The number of aromatic nitrogens is 2. The molecule has 1 amide bonds. The second-order valence-electron chi connectivity index (χ2n) is 7.48. The van der Waals surface area contributed by atoms with Gasteiger partial charge in [-0.1, -0.05) is 35.0 Å². The predicted molar refractivity (Wildman–Crippen MR) is 105 cm³/mol. The number of hydrogen-bond acceptors (Lipinski definition) is 6. The summed E-state index contributed by atoms with van der Waals surface area (Å²) in [7, 11) is 0. The molecule has 7 heteroatoms. The second kappa shape index (κ2) is 7.24. The van der Waals surface area contributed by atoms with Crippen LogP contribution in [0.25, 0.3) is 11.4 Å². The Morgan fingerprint density at radius 1 is 1.10 bits per heavy atom. The summed E-state index contributed by atoms with van der Waals surface area (Å²) >= 11 is 0. The first-order valence-electron chi connectivity index (χ1n) is 9.77. The van der Waals surface area contributed by atoms with E-state index in [0.29, 0.717) is 41.9 Å². The van der Waals surface area contributed by atoms with E-state index in [9.17, 15) is 4.79 Å². The summed E-state index contributed by atoms with van der Waals surface area (Å²) in [6.07, 6.45) is 1.81. The Bertz CT molecular complexity index is 1040. The predicted octanol–water partition coefficient (Wildman–Crippen LogP) is 3.79. The fourth-order valence-corrected chi connectivity index (χ4v) is 3.80. The number of aryl methyl sites for hydroxylation is 1. The number of rotatable bonds is 3. The summed E-state index contributed by atoms with van der Waals surface area (Å²) in [6, 6.07) is 13.3. The first-order valence-corrected chi connectivity index (χ1v) is 9.77. The number of carbonyl (C=O) groups is 1. The molecular weight excluding hydrogens is 370 g/mol. The van der Waals surface area contributed by atoms with E-state index >= 15 is 0 Å². The molecule has 1 fully saturated rings. The number of carbonyl (C=O) groups excluding carboxylic acids is 1. The van der Waals surface area contributed by atoms with Gasteiger partial charge in [0.1, 0.15) is 0 Å². The third-order valence-electron chi connectivity index (χ3n) is 5.43. The monoisotopic (exact) mass is 391 g/mol. The lowest BCUT2D eigenvalue weighted by molar-refractivity contribution is 0.0695. The molecule has 2 aromatic carbocycles. The molecule has 1 atom stereocenters. The molecule has 7 nitrogen and oxygen atoms in total. The highest BCUT2D eigenvalue weighted by molar-refractivity contribution is 5.95.